The van der Waals surface area contributed by atoms with Crippen LogP contribution in [-0.2, 0) is 97.3 Å². The van der Waals surface area contributed by atoms with E-state index in [0.29, 0.717) is 13.1 Å². The molecule has 73 heavy (non-hydrogen) atoms. The van der Waals surface area contributed by atoms with E-state index in [1.807, 2.05) is 124 Å². The first-order valence-electron chi connectivity index (χ1n) is 22.8. The summed E-state index contributed by atoms with van der Waals surface area (Å²) in [4.78, 5) is 44.2. The summed E-state index contributed by atoms with van der Waals surface area (Å²) in [6.45, 7) is 38.5. The number of aliphatic carboxylic acids is 2. The van der Waals surface area contributed by atoms with E-state index in [9.17, 15) is 19.2 Å². The van der Waals surface area contributed by atoms with Crippen molar-refractivity contribution in [2.75, 3.05) is 0 Å². The zero-order chi connectivity index (χ0) is 55.7. The molecule has 4 atom stereocenters. The predicted octanol–water partition coefficient (Wildman–Crippen LogP) is 12.9. The van der Waals surface area contributed by atoms with Crippen molar-refractivity contribution in [1.82, 2.24) is 10.6 Å². The quantitative estimate of drug-likeness (QED) is 0.0446. The first-order valence-corrected chi connectivity index (χ1v) is 49.4. The maximum Gasteiger partial charge on any atom is 0 e. The van der Waals surface area contributed by atoms with E-state index < -0.39 is 46.7 Å². The van der Waals surface area contributed by atoms with E-state index in [0.717, 1.165) is 11.1 Å². The minimum absolute atomic E-state index is 0. The van der Waals surface area contributed by atoms with Crippen LogP contribution in [0.25, 0.3) is 0 Å². The molecule has 0 spiro atoms. The average molecular weight is 1770 g/mol. The molecule has 0 bridgehead atoms. The number of hydrogen-bond donors (Lipinski definition) is 6. The first kappa shape index (κ1) is 88.4. The fraction of sp³-hybridized carbons (Fsp3) is 0.540. The van der Waals surface area contributed by atoms with Gasteiger partial charge in [0, 0.05) is 102 Å². The Balaban J connectivity index is -0.000000149. The van der Waals surface area contributed by atoms with Gasteiger partial charge in [-0.2, -0.15) is 24.6 Å². The molecule has 0 aliphatic heterocycles. The molecule has 0 aliphatic carbocycles. The van der Waals surface area contributed by atoms with E-state index >= 15 is 0 Å². The molecular weight excluding hydrogens is 1680 g/mol. The van der Waals surface area contributed by atoms with E-state index in [-0.39, 0.29) is 103 Å². The van der Waals surface area contributed by atoms with Crippen LogP contribution >= 0.6 is 97.2 Å². The number of nitrogens with two attached hydrogens (primary N) is 2. The molecular formula is C50H87I5N4O9Si2V2Y-. The summed E-state index contributed by atoms with van der Waals surface area (Å²) < 4.78 is 10.8. The van der Waals surface area contributed by atoms with Crippen LogP contribution in [0.3, 0.4) is 0 Å². The fourth-order valence-electron chi connectivity index (χ4n) is 4.95. The number of carbonyl (C=O) groups is 4. The zero-order valence-electron chi connectivity index (χ0n) is 46.0. The van der Waals surface area contributed by atoms with Crippen LogP contribution in [-0.4, -0.2) is 80.4 Å². The number of carbonyl (C=O) groups excluding carboxylic acids is 2. The number of rotatable bonds is 16. The van der Waals surface area contributed by atoms with Crippen LogP contribution in [0.4, 0.5) is 0 Å². The normalized spacial score (nSPS) is 12.0. The molecule has 23 heteroatoms. The van der Waals surface area contributed by atoms with Crippen molar-refractivity contribution in [2.45, 2.75) is 153 Å². The number of benzene rings is 3. The summed E-state index contributed by atoms with van der Waals surface area (Å²) in [6.07, 6.45) is 0. The number of hydrogen-bond acceptors (Lipinski definition) is 10. The molecule has 0 aromatic heterocycles. The number of aryl methyl sites for hydroxylation is 3. The van der Waals surface area contributed by atoms with Gasteiger partial charge in [0.1, 0.15) is 24.2 Å². The van der Waals surface area contributed by atoms with Gasteiger partial charge in [-0.1, -0.05) is 121 Å². The van der Waals surface area contributed by atoms with Gasteiger partial charge in [0.25, 0.3) is 0 Å². The Morgan fingerprint density at radius 3 is 1.05 bits per heavy atom. The van der Waals surface area contributed by atoms with Crippen molar-refractivity contribution in [2.24, 2.45) is 35.1 Å². The third-order valence-corrected chi connectivity index (χ3v) is 10.7. The van der Waals surface area contributed by atoms with Crippen molar-refractivity contribution in [1.29, 1.82) is 0 Å². The minimum atomic E-state index is -1.83. The average Bonchev–Trinajstić information content (AvgIpc) is 3.22. The fourth-order valence-corrected chi connectivity index (χ4v) is 6.42. The Labute approximate surface area is 541 Å². The van der Waals surface area contributed by atoms with Crippen LogP contribution in [0, 0.1) is 51.4 Å². The van der Waals surface area contributed by atoms with Crippen LogP contribution in [0.15, 0.2) is 72.8 Å². The largest absolute Gasteiger partial charge is 0 e. The van der Waals surface area contributed by atoms with Crippen LogP contribution in [0.5, 0.6) is 0 Å². The van der Waals surface area contributed by atoms with Gasteiger partial charge in [0.15, 0.2) is 0 Å². The van der Waals surface area contributed by atoms with Gasteiger partial charge in [-0.25, -0.2) is 0 Å². The Morgan fingerprint density at radius 1 is 0.562 bits per heavy atom. The second-order valence-corrected chi connectivity index (χ2v) is 63.9. The molecule has 2 radical (unpaired) electrons. The molecule has 13 nitrogen and oxygen atoms in total. The molecule has 0 saturated heterocycles. The van der Waals surface area contributed by atoms with E-state index in [2.05, 4.69) is 165 Å². The van der Waals surface area contributed by atoms with Gasteiger partial charge in [-0.3, -0.25) is 19.2 Å². The maximum absolute atomic E-state index is 12.2. The van der Waals surface area contributed by atoms with E-state index in [4.69, 9.17) is 30.5 Å². The number of halogens is 5. The maximum atomic E-state index is 12.2. The summed E-state index contributed by atoms with van der Waals surface area (Å²) in [5, 5.41) is 23.6. The van der Waals surface area contributed by atoms with Crippen molar-refractivity contribution < 1.29 is 99.9 Å². The Kier molecular flexibility index (Phi) is 59.8. The minimum Gasteiger partial charge on any atom is 0 e. The first-order chi connectivity index (χ1) is 32.0. The molecule has 0 saturated carbocycles. The number of carboxylic acid groups (broad SMARTS) is 2. The molecule has 3 rings (SSSR count). The van der Waals surface area contributed by atoms with Crippen molar-refractivity contribution in [3.63, 3.8) is 0 Å². The molecule has 3 aromatic rings. The van der Waals surface area contributed by atoms with Crippen LogP contribution in [0.2, 0.25) is 39.3 Å². The summed E-state index contributed by atoms with van der Waals surface area (Å²) in [5.41, 5.74) is 17.9. The monoisotopic (exact) mass is 1770 g/mol. The number of nitrogens with one attached hydrogen (secondary N) is 2. The van der Waals surface area contributed by atoms with Crippen LogP contribution in [0.1, 0.15) is 88.8 Å². The smallest absolute Gasteiger partial charge is 0 e. The molecule has 10 N–H and O–H groups in total. The predicted molar refractivity (Wildman–Crippen MR) is 342 cm³/mol. The zero-order valence-corrected chi connectivity index (χ0v) is 64.4. The SMILES string of the molecule is CC(C)C(N)C(=O)O.CC(C)C(N)C(=O)O[Si](C)(C)C.Cc1ccc(CNC(C(=O)O)C(C)C)cc1.Cc1ccc(CNC(C(=O)O[Si](C)(C)C)C(C)C)cc1.II.O.[CH2-]c1ccc(C)cc1.[I][V]([I])[I].[V].[Y]. The van der Waals surface area contributed by atoms with E-state index in [1.165, 1.54) is 22.3 Å². The van der Waals surface area contributed by atoms with Gasteiger partial charge in [0.05, 0.1) is 0 Å². The van der Waals surface area contributed by atoms with Gasteiger partial charge in [-0.05, 0) is 94.9 Å². The summed E-state index contributed by atoms with van der Waals surface area (Å²) in [6, 6.07) is 22.6. The Hall–Kier alpha value is 1.57. The van der Waals surface area contributed by atoms with Crippen LogP contribution < -0.4 is 22.1 Å². The topological polar surface area (TPSA) is 235 Å². The van der Waals surface area contributed by atoms with Gasteiger partial charge in [0.2, 0.25) is 16.6 Å². The third kappa shape index (κ3) is 54.0. The molecule has 0 amide bonds. The van der Waals surface area contributed by atoms with Gasteiger partial charge >= 0.3 is 88.7 Å². The molecule has 3 aromatic carbocycles. The number of carboxylic acids is 2. The second-order valence-electron chi connectivity index (χ2n) is 19.6. The summed E-state index contributed by atoms with van der Waals surface area (Å²) in [7, 11) is -3.59. The van der Waals surface area contributed by atoms with Gasteiger partial charge < -0.3 is 46.6 Å². The summed E-state index contributed by atoms with van der Waals surface area (Å²) >= 11 is 11.6. The Bertz CT molecular complexity index is 1850. The second kappa shape index (κ2) is 49.4. The van der Waals surface area contributed by atoms with Gasteiger partial charge in [-0.15, -0.1) is 12.1 Å². The Morgan fingerprint density at radius 2 is 0.836 bits per heavy atom. The van der Waals surface area contributed by atoms with Crippen molar-refractivity contribution in [3.05, 3.63) is 113 Å². The van der Waals surface area contributed by atoms with E-state index in [1.54, 1.807) is 13.8 Å². The molecule has 0 fully saturated rings. The molecule has 0 aliphatic rings. The molecule has 4 unspecified atom stereocenters. The standard InChI is InChI=1S/C16H27NO2Si.C13H19NO2.C8H19NO2Si.C8H9.C5H11NO2.I2.3HI.H2O.2V.Y/c1-12(2)15(16(18)19-20(4,5)6)17-11-14-9-7-13(3)8-10-14;1-9(2)12(13(15)16)14-8-11-6-4-10(3)5-7-11;1-6(2)7(9)8(10)11-12(3,4)5;1-7-3-5-8(2)6-4-7;1-3(2)4(6)5(7)8;1-2;;;;;;;/h7-10,12,15,17H,11H2,1-6H3;4-7,9,12,14H,8H2,1-3H3,(H,15,16);6-7H,9H2,1-5H3;3-6H,1H2,2H3;3-4H,6H2,1-2H3,(H,7,8);;3*1H;1H2;;;/q;;;-1;;;;;;;;+3;/p-3. The molecule has 0 heterocycles. The summed E-state index contributed by atoms with van der Waals surface area (Å²) in [5.74, 6) is -1.63. The molecule has 418 valence electrons. The third-order valence-electron chi connectivity index (χ3n) is 9.07. The van der Waals surface area contributed by atoms with Crippen molar-refractivity contribution >= 4 is 138 Å². The van der Waals surface area contributed by atoms with Crippen molar-refractivity contribution in [3.8, 4) is 0 Å².